The van der Waals surface area contributed by atoms with Gasteiger partial charge in [-0.15, -0.1) is 12.4 Å². The lowest BCUT2D eigenvalue weighted by atomic mass is 10.0. The fraction of sp³-hybridized carbons (Fsp3) is 0.389. The number of rotatable bonds is 5. The van der Waals surface area contributed by atoms with Crippen LogP contribution < -0.4 is 10.1 Å². The van der Waals surface area contributed by atoms with Crippen LogP contribution in [0.3, 0.4) is 0 Å². The van der Waals surface area contributed by atoms with Gasteiger partial charge in [-0.05, 0) is 12.1 Å². The number of para-hydroxylation sites is 1. The van der Waals surface area contributed by atoms with Crippen LogP contribution in [0, 0.1) is 0 Å². The van der Waals surface area contributed by atoms with Crippen molar-refractivity contribution in [3.05, 3.63) is 47.8 Å². The van der Waals surface area contributed by atoms with Crippen LogP contribution in [0.15, 0.2) is 41.4 Å². The third-order valence-electron chi connectivity index (χ3n) is 4.67. The van der Waals surface area contributed by atoms with Crippen LogP contribution in [0.25, 0.3) is 0 Å². The minimum Gasteiger partial charge on any atom is -0.496 e. The molecule has 0 bridgehead atoms. The summed E-state index contributed by atoms with van der Waals surface area (Å²) < 4.78 is 39.7. The van der Waals surface area contributed by atoms with E-state index in [4.69, 9.17) is 9.47 Å². The molecule has 1 N–H and O–H groups in total. The summed E-state index contributed by atoms with van der Waals surface area (Å²) in [5.74, 6) is 0.0512. The maximum absolute atomic E-state index is 13.3. The minimum atomic E-state index is -3.82. The molecule has 1 atom stereocenters. The molecule has 2 aromatic rings. The first-order valence-corrected chi connectivity index (χ1v) is 9.94. The quantitative estimate of drug-likeness (QED) is 0.726. The smallest absolute Gasteiger partial charge is 0.354 e. The summed E-state index contributed by atoms with van der Waals surface area (Å²) in [4.78, 5) is 11.9. The Morgan fingerprint density at radius 3 is 2.64 bits per heavy atom. The summed E-state index contributed by atoms with van der Waals surface area (Å²) in [6.45, 7) is 1.32. The highest BCUT2D eigenvalue weighted by Gasteiger charge is 2.36. The number of aryl methyl sites for hydroxylation is 1. The molecule has 1 aliphatic heterocycles. The molecular weight excluding hydrogens is 406 g/mol. The van der Waals surface area contributed by atoms with Crippen LogP contribution >= 0.6 is 12.4 Å². The highest BCUT2D eigenvalue weighted by Crippen LogP contribution is 2.34. The number of piperazine rings is 1. The maximum atomic E-state index is 13.3. The lowest BCUT2D eigenvalue weighted by Crippen LogP contribution is -2.48. The van der Waals surface area contributed by atoms with Crippen LogP contribution in [0.2, 0.25) is 0 Å². The van der Waals surface area contributed by atoms with Gasteiger partial charge in [-0.2, -0.15) is 4.31 Å². The van der Waals surface area contributed by atoms with Crippen LogP contribution in [0.1, 0.15) is 22.1 Å². The van der Waals surface area contributed by atoms with Gasteiger partial charge < -0.3 is 19.4 Å². The fourth-order valence-corrected chi connectivity index (χ4v) is 4.98. The zero-order valence-corrected chi connectivity index (χ0v) is 17.5. The third-order valence-corrected chi connectivity index (χ3v) is 6.55. The molecule has 3 rings (SSSR count). The molecule has 28 heavy (non-hydrogen) atoms. The van der Waals surface area contributed by atoms with Gasteiger partial charge >= 0.3 is 5.97 Å². The number of nitrogens with zero attached hydrogens (tertiary/aromatic N) is 2. The Kier molecular flexibility index (Phi) is 7.11. The molecular formula is C18H24ClN3O5S. The van der Waals surface area contributed by atoms with Gasteiger partial charge in [0.05, 0.1) is 20.3 Å². The van der Waals surface area contributed by atoms with E-state index in [1.807, 2.05) is 24.3 Å². The van der Waals surface area contributed by atoms with Crippen molar-refractivity contribution < 1.29 is 22.7 Å². The van der Waals surface area contributed by atoms with Crippen molar-refractivity contribution in [1.82, 2.24) is 14.2 Å². The summed E-state index contributed by atoms with van der Waals surface area (Å²) in [6.07, 6.45) is 1.43. The molecule has 0 spiro atoms. The Morgan fingerprint density at radius 2 is 1.96 bits per heavy atom. The van der Waals surface area contributed by atoms with E-state index in [2.05, 4.69) is 5.32 Å². The first-order chi connectivity index (χ1) is 12.9. The van der Waals surface area contributed by atoms with E-state index < -0.39 is 22.0 Å². The van der Waals surface area contributed by atoms with Gasteiger partial charge in [0.2, 0.25) is 10.0 Å². The van der Waals surface area contributed by atoms with Crippen LogP contribution in [0.4, 0.5) is 0 Å². The summed E-state index contributed by atoms with van der Waals surface area (Å²) in [5.41, 5.74) is 0.972. The number of ether oxygens (including phenoxy) is 2. The molecule has 1 aliphatic rings. The predicted octanol–water partition coefficient (Wildman–Crippen LogP) is 1.58. The van der Waals surface area contributed by atoms with E-state index in [1.54, 1.807) is 14.2 Å². The standard InChI is InChI=1S/C18H23N3O5S.ClH/c1-20-12-13(10-15(20)18(22)26-3)27(23,24)21-9-8-19-11-16(21)14-6-4-5-7-17(14)25-2;/h4-7,10,12,16,19H,8-9,11H2,1-3H3;1H. The summed E-state index contributed by atoms with van der Waals surface area (Å²) in [7, 11) is 0.618. The molecule has 0 aliphatic carbocycles. The first-order valence-electron chi connectivity index (χ1n) is 8.50. The average Bonchev–Trinajstić information content (AvgIpc) is 3.10. The number of hydrogen-bond donors (Lipinski definition) is 1. The van der Waals surface area contributed by atoms with Gasteiger partial charge in [0, 0.05) is 38.4 Å². The SMILES string of the molecule is COC(=O)c1cc(S(=O)(=O)N2CCNCC2c2ccccc2OC)cn1C.Cl. The number of nitrogens with one attached hydrogen (secondary N) is 1. The second-order valence-corrected chi connectivity index (χ2v) is 8.13. The normalized spacial score (nSPS) is 17.6. The lowest BCUT2D eigenvalue weighted by Gasteiger charge is -2.35. The zero-order valence-electron chi connectivity index (χ0n) is 15.9. The number of sulfonamides is 1. The molecule has 1 unspecified atom stereocenters. The number of carbonyl (C=O) groups is 1. The molecule has 1 aromatic carbocycles. The number of benzene rings is 1. The molecule has 0 saturated carbocycles. The molecule has 1 fully saturated rings. The monoisotopic (exact) mass is 429 g/mol. The van der Waals surface area contributed by atoms with Crippen molar-refractivity contribution in [2.75, 3.05) is 33.9 Å². The van der Waals surface area contributed by atoms with E-state index in [0.29, 0.717) is 25.4 Å². The van der Waals surface area contributed by atoms with Crippen molar-refractivity contribution in [2.24, 2.45) is 7.05 Å². The highest BCUT2D eigenvalue weighted by molar-refractivity contribution is 7.89. The van der Waals surface area contributed by atoms with Crippen molar-refractivity contribution >= 4 is 28.4 Å². The van der Waals surface area contributed by atoms with Gasteiger partial charge in [0.25, 0.3) is 0 Å². The number of esters is 1. The molecule has 10 heteroatoms. The number of methoxy groups -OCH3 is 2. The minimum absolute atomic E-state index is 0. The molecule has 0 radical (unpaired) electrons. The van der Waals surface area contributed by atoms with E-state index >= 15 is 0 Å². The van der Waals surface area contributed by atoms with Gasteiger partial charge in [0.1, 0.15) is 16.3 Å². The zero-order chi connectivity index (χ0) is 19.6. The van der Waals surface area contributed by atoms with E-state index in [0.717, 1.165) is 5.56 Å². The second kappa shape index (κ2) is 8.95. The molecule has 0 amide bonds. The largest absolute Gasteiger partial charge is 0.496 e. The fourth-order valence-electron chi connectivity index (χ4n) is 3.30. The Balaban J connectivity index is 0.00000280. The molecule has 2 heterocycles. The van der Waals surface area contributed by atoms with Crippen molar-refractivity contribution in [2.45, 2.75) is 10.9 Å². The summed E-state index contributed by atoms with van der Waals surface area (Å²) in [5, 5.41) is 3.24. The third kappa shape index (κ3) is 4.02. The van der Waals surface area contributed by atoms with Gasteiger partial charge in [-0.1, -0.05) is 18.2 Å². The number of carbonyl (C=O) groups excluding carboxylic acids is 1. The topological polar surface area (TPSA) is 89.9 Å². The van der Waals surface area contributed by atoms with Crippen LogP contribution in [0.5, 0.6) is 5.75 Å². The lowest BCUT2D eigenvalue weighted by molar-refractivity contribution is 0.0590. The summed E-state index contributed by atoms with van der Waals surface area (Å²) in [6, 6.07) is 8.31. The van der Waals surface area contributed by atoms with Crippen molar-refractivity contribution in [3.8, 4) is 5.75 Å². The van der Waals surface area contributed by atoms with Crippen molar-refractivity contribution in [1.29, 1.82) is 0 Å². The Bertz CT molecular complexity index is 944. The Labute approximate surface area is 170 Å². The first kappa shape index (κ1) is 22.2. The van der Waals surface area contributed by atoms with Crippen LogP contribution in [-0.2, 0) is 21.8 Å². The van der Waals surface area contributed by atoms with Gasteiger partial charge in [-0.3, -0.25) is 0 Å². The Morgan fingerprint density at radius 1 is 1.25 bits per heavy atom. The summed E-state index contributed by atoms with van der Waals surface area (Å²) >= 11 is 0. The Hall–Kier alpha value is -2.07. The number of halogens is 1. The van der Waals surface area contributed by atoms with Crippen molar-refractivity contribution in [3.63, 3.8) is 0 Å². The highest BCUT2D eigenvalue weighted by atomic mass is 35.5. The van der Waals surface area contributed by atoms with E-state index in [-0.39, 0.29) is 23.0 Å². The van der Waals surface area contributed by atoms with Crippen LogP contribution in [-0.4, -0.2) is 57.1 Å². The van der Waals surface area contributed by atoms with Gasteiger partial charge in [-0.25, -0.2) is 13.2 Å². The molecule has 8 nitrogen and oxygen atoms in total. The molecule has 154 valence electrons. The molecule has 1 saturated heterocycles. The molecule has 1 aromatic heterocycles. The predicted molar refractivity (Wildman–Crippen MR) is 106 cm³/mol. The maximum Gasteiger partial charge on any atom is 0.354 e. The number of hydrogen-bond acceptors (Lipinski definition) is 6. The average molecular weight is 430 g/mol. The second-order valence-electron chi connectivity index (χ2n) is 6.24. The van der Waals surface area contributed by atoms with Gasteiger partial charge in [0.15, 0.2) is 0 Å². The van der Waals surface area contributed by atoms with E-state index in [9.17, 15) is 13.2 Å². The van der Waals surface area contributed by atoms with E-state index in [1.165, 1.54) is 28.2 Å². The number of aromatic nitrogens is 1.